The van der Waals surface area contributed by atoms with Gasteiger partial charge in [-0.15, -0.1) is 0 Å². The molecule has 2 rings (SSSR count). The third-order valence-electron chi connectivity index (χ3n) is 2.41. The fourth-order valence-corrected chi connectivity index (χ4v) is 3.31. The van der Waals surface area contributed by atoms with Gasteiger partial charge in [0.1, 0.15) is 5.82 Å². The molecule has 5 nitrogen and oxygen atoms in total. The number of hydrogen-bond acceptors (Lipinski definition) is 4. The van der Waals surface area contributed by atoms with Crippen LogP contribution in [0.3, 0.4) is 0 Å². The van der Waals surface area contributed by atoms with Crippen molar-refractivity contribution in [1.82, 2.24) is 9.78 Å². The van der Waals surface area contributed by atoms with Crippen molar-refractivity contribution in [2.24, 2.45) is 7.05 Å². The summed E-state index contributed by atoms with van der Waals surface area (Å²) in [6.45, 7) is 0. The zero-order valence-electron chi connectivity index (χ0n) is 7.97. The first-order valence-corrected chi connectivity index (χ1v) is 6.34. The molecular formula is C8H13N3O2S. The highest BCUT2D eigenvalue weighted by Gasteiger charge is 2.27. The smallest absolute Gasteiger partial charge is 0.152 e. The van der Waals surface area contributed by atoms with Crippen molar-refractivity contribution < 1.29 is 8.42 Å². The van der Waals surface area contributed by atoms with Crippen LogP contribution in [0.15, 0.2) is 12.3 Å². The van der Waals surface area contributed by atoms with Crippen LogP contribution in [0, 0.1) is 0 Å². The van der Waals surface area contributed by atoms with Gasteiger partial charge >= 0.3 is 0 Å². The minimum Gasteiger partial charge on any atom is -0.367 e. The Hall–Kier alpha value is -1.04. The highest BCUT2D eigenvalue weighted by atomic mass is 32.2. The first kappa shape index (κ1) is 9.51. The zero-order valence-corrected chi connectivity index (χ0v) is 8.79. The van der Waals surface area contributed by atoms with Crippen molar-refractivity contribution in [1.29, 1.82) is 0 Å². The van der Waals surface area contributed by atoms with E-state index in [4.69, 9.17) is 0 Å². The molecule has 1 saturated heterocycles. The lowest BCUT2D eigenvalue weighted by atomic mass is 10.3. The lowest BCUT2D eigenvalue weighted by molar-refractivity contribution is 0.602. The molecule has 0 aliphatic carbocycles. The van der Waals surface area contributed by atoms with Gasteiger partial charge in [-0.2, -0.15) is 5.10 Å². The Morgan fingerprint density at radius 3 is 2.93 bits per heavy atom. The third-order valence-corrected chi connectivity index (χ3v) is 4.17. The van der Waals surface area contributed by atoms with E-state index in [9.17, 15) is 8.42 Å². The summed E-state index contributed by atoms with van der Waals surface area (Å²) in [5.41, 5.74) is 0. The monoisotopic (exact) mass is 215 g/mol. The summed E-state index contributed by atoms with van der Waals surface area (Å²) < 4.78 is 24.1. The first-order valence-electron chi connectivity index (χ1n) is 4.52. The molecule has 0 aromatic carbocycles. The minimum atomic E-state index is -2.80. The van der Waals surface area contributed by atoms with Gasteiger partial charge in [0.15, 0.2) is 9.84 Å². The number of rotatable bonds is 2. The number of nitrogens with one attached hydrogen (secondary N) is 1. The second-order valence-electron chi connectivity index (χ2n) is 3.58. The fourth-order valence-electron chi connectivity index (χ4n) is 1.63. The van der Waals surface area contributed by atoms with E-state index in [1.807, 2.05) is 13.1 Å². The van der Waals surface area contributed by atoms with Crippen molar-refractivity contribution in [2.75, 3.05) is 16.8 Å². The molecule has 0 bridgehead atoms. The Morgan fingerprint density at radius 2 is 2.43 bits per heavy atom. The Bertz CT molecular complexity index is 424. The molecule has 14 heavy (non-hydrogen) atoms. The second-order valence-corrected chi connectivity index (χ2v) is 5.81. The number of aromatic nitrogens is 2. The lowest BCUT2D eigenvalue weighted by Crippen LogP contribution is -2.22. The van der Waals surface area contributed by atoms with Gasteiger partial charge in [-0.1, -0.05) is 0 Å². The number of nitrogens with zero attached hydrogens (tertiary/aromatic N) is 2. The molecule has 0 spiro atoms. The molecule has 1 N–H and O–H groups in total. The maximum Gasteiger partial charge on any atom is 0.152 e. The van der Waals surface area contributed by atoms with Crippen LogP contribution >= 0.6 is 0 Å². The van der Waals surface area contributed by atoms with E-state index in [-0.39, 0.29) is 11.8 Å². The van der Waals surface area contributed by atoms with E-state index >= 15 is 0 Å². The maximum atomic E-state index is 11.2. The van der Waals surface area contributed by atoms with Crippen molar-refractivity contribution in [3.05, 3.63) is 12.3 Å². The van der Waals surface area contributed by atoms with Crippen LogP contribution in [-0.4, -0.2) is 35.7 Å². The van der Waals surface area contributed by atoms with E-state index in [2.05, 4.69) is 10.4 Å². The number of anilines is 1. The quantitative estimate of drug-likeness (QED) is 0.755. The summed E-state index contributed by atoms with van der Waals surface area (Å²) in [7, 11) is -0.978. The average molecular weight is 215 g/mol. The van der Waals surface area contributed by atoms with Crippen molar-refractivity contribution >= 4 is 15.7 Å². The number of sulfone groups is 1. The predicted molar refractivity (Wildman–Crippen MR) is 53.9 cm³/mol. The van der Waals surface area contributed by atoms with Gasteiger partial charge in [0.25, 0.3) is 0 Å². The standard InChI is InChI=1S/C8H13N3O2S/c1-11-8(2-4-9-11)10-7-3-5-14(12,13)6-7/h2,4,7,10H,3,5-6H2,1H3. The summed E-state index contributed by atoms with van der Waals surface area (Å²) in [5.74, 6) is 1.40. The van der Waals surface area contributed by atoms with Crippen LogP contribution in [0.2, 0.25) is 0 Å². The topological polar surface area (TPSA) is 64.0 Å². The van der Waals surface area contributed by atoms with Gasteiger partial charge in [-0.25, -0.2) is 8.42 Å². The fraction of sp³-hybridized carbons (Fsp3) is 0.625. The Balaban J connectivity index is 2.04. The summed E-state index contributed by atoms with van der Waals surface area (Å²) in [6, 6.07) is 1.88. The largest absolute Gasteiger partial charge is 0.367 e. The first-order chi connectivity index (χ1) is 6.57. The molecule has 2 heterocycles. The molecule has 1 aliphatic rings. The molecule has 1 aromatic rings. The normalized spacial score (nSPS) is 25.1. The van der Waals surface area contributed by atoms with Crippen LogP contribution in [0.25, 0.3) is 0 Å². The van der Waals surface area contributed by atoms with Gasteiger partial charge in [-0.3, -0.25) is 4.68 Å². The molecule has 0 radical (unpaired) electrons. The van der Waals surface area contributed by atoms with Gasteiger partial charge < -0.3 is 5.32 Å². The van der Waals surface area contributed by atoms with Crippen LogP contribution in [0.5, 0.6) is 0 Å². The Kier molecular flexibility index (Phi) is 2.22. The van der Waals surface area contributed by atoms with Crippen LogP contribution in [-0.2, 0) is 16.9 Å². The van der Waals surface area contributed by atoms with Crippen LogP contribution < -0.4 is 5.32 Å². The highest BCUT2D eigenvalue weighted by molar-refractivity contribution is 7.91. The molecule has 1 aliphatic heterocycles. The van der Waals surface area contributed by atoms with Crippen molar-refractivity contribution in [3.8, 4) is 0 Å². The van der Waals surface area contributed by atoms with E-state index in [0.717, 1.165) is 5.82 Å². The summed E-state index contributed by atoms with van der Waals surface area (Å²) in [5, 5.41) is 7.17. The van der Waals surface area contributed by atoms with Crippen molar-refractivity contribution in [2.45, 2.75) is 12.5 Å². The average Bonchev–Trinajstić information content (AvgIpc) is 2.61. The van der Waals surface area contributed by atoms with Gasteiger partial charge in [0.05, 0.1) is 17.7 Å². The van der Waals surface area contributed by atoms with E-state index < -0.39 is 9.84 Å². The summed E-state index contributed by atoms with van der Waals surface area (Å²) in [6.07, 6.45) is 2.37. The zero-order chi connectivity index (χ0) is 10.2. The number of aryl methyl sites for hydroxylation is 1. The molecular weight excluding hydrogens is 202 g/mol. The maximum absolute atomic E-state index is 11.2. The summed E-state index contributed by atoms with van der Waals surface area (Å²) >= 11 is 0. The second kappa shape index (κ2) is 3.27. The Morgan fingerprint density at radius 1 is 1.64 bits per heavy atom. The van der Waals surface area contributed by atoms with Crippen LogP contribution in [0.1, 0.15) is 6.42 Å². The van der Waals surface area contributed by atoms with Gasteiger partial charge in [0.2, 0.25) is 0 Å². The highest BCUT2D eigenvalue weighted by Crippen LogP contribution is 2.16. The van der Waals surface area contributed by atoms with E-state index in [1.165, 1.54) is 0 Å². The summed E-state index contributed by atoms with van der Waals surface area (Å²) in [4.78, 5) is 0. The Labute approximate surface area is 83.0 Å². The van der Waals surface area contributed by atoms with Crippen molar-refractivity contribution in [3.63, 3.8) is 0 Å². The van der Waals surface area contributed by atoms with Gasteiger partial charge in [-0.05, 0) is 6.42 Å². The molecule has 78 valence electrons. The SMILES string of the molecule is Cn1nccc1NC1CCS(=O)(=O)C1. The molecule has 1 atom stereocenters. The van der Waals surface area contributed by atoms with Crippen LogP contribution in [0.4, 0.5) is 5.82 Å². The number of hydrogen-bond donors (Lipinski definition) is 1. The van der Waals surface area contributed by atoms with E-state index in [1.54, 1.807) is 10.9 Å². The minimum absolute atomic E-state index is 0.0374. The third kappa shape index (κ3) is 1.89. The van der Waals surface area contributed by atoms with E-state index in [0.29, 0.717) is 12.2 Å². The molecule has 0 saturated carbocycles. The van der Waals surface area contributed by atoms with Gasteiger partial charge in [0, 0.05) is 19.2 Å². The molecule has 1 aromatic heterocycles. The molecule has 0 amide bonds. The molecule has 1 unspecified atom stereocenters. The lowest BCUT2D eigenvalue weighted by Gasteiger charge is -2.11. The molecule has 1 fully saturated rings. The predicted octanol–water partition coefficient (Wildman–Crippen LogP) is 0.0191. The molecule has 6 heteroatoms.